The van der Waals surface area contributed by atoms with Crippen LogP contribution in [-0.2, 0) is 10.0 Å². The summed E-state index contributed by atoms with van der Waals surface area (Å²) >= 11 is 5.74. The van der Waals surface area contributed by atoms with E-state index in [4.69, 9.17) is 11.6 Å². The van der Waals surface area contributed by atoms with Crippen molar-refractivity contribution in [3.63, 3.8) is 0 Å². The van der Waals surface area contributed by atoms with Gasteiger partial charge >= 0.3 is 0 Å². The van der Waals surface area contributed by atoms with Crippen molar-refractivity contribution in [1.82, 2.24) is 14.6 Å². The molecule has 1 atom stereocenters. The molecule has 2 N–H and O–H groups in total. The van der Waals surface area contributed by atoms with Crippen LogP contribution >= 0.6 is 11.6 Å². The van der Waals surface area contributed by atoms with Crippen molar-refractivity contribution in [3.05, 3.63) is 23.5 Å². The van der Waals surface area contributed by atoms with Crippen molar-refractivity contribution in [1.29, 1.82) is 0 Å². The first-order valence-corrected chi connectivity index (χ1v) is 7.47. The summed E-state index contributed by atoms with van der Waals surface area (Å²) in [6.07, 6.45) is 1.41. The molecule has 0 fully saturated rings. The van der Waals surface area contributed by atoms with Crippen LogP contribution in [0.5, 0.6) is 0 Å². The Balaban J connectivity index is 2.80. The molecule has 8 heteroatoms. The number of pyridine rings is 1. The number of likely N-dealkylation sites (N-methyl/N-ethyl adjacent to an activating group) is 1. The molecular formula is C11H18ClN3O3S. The third kappa shape index (κ3) is 5.04. The van der Waals surface area contributed by atoms with E-state index in [-0.39, 0.29) is 16.6 Å². The second-order valence-electron chi connectivity index (χ2n) is 4.85. The first-order valence-electron chi connectivity index (χ1n) is 5.61. The number of rotatable bonds is 6. The average Bonchev–Trinajstić information content (AvgIpc) is 2.25. The van der Waals surface area contributed by atoms with E-state index in [2.05, 4.69) is 9.71 Å². The lowest BCUT2D eigenvalue weighted by Gasteiger charge is -2.27. The van der Waals surface area contributed by atoms with Gasteiger partial charge in [0, 0.05) is 19.3 Å². The van der Waals surface area contributed by atoms with Crippen molar-refractivity contribution in [3.8, 4) is 0 Å². The van der Waals surface area contributed by atoms with Gasteiger partial charge in [-0.25, -0.2) is 18.1 Å². The minimum atomic E-state index is -3.78. The predicted molar refractivity (Wildman–Crippen MR) is 73.6 cm³/mol. The molecule has 1 heterocycles. The number of hydrogen-bond acceptors (Lipinski definition) is 5. The number of hydrogen-bond donors (Lipinski definition) is 2. The standard InChI is InChI=1S/C11H18ClN3O3S/c1-11(16,8-15(2)3)7-14-19(17,18)9-5-4-6-13-10(9)12/h4-6,14,16H,7-8H2,1-3H3. The number of aromatic nitrogens is 1. The first-order chi connectivity index (χ1) is 8.64. The molecule has 1 unspecified atom stereocenters. The van der Waals surface area contributed by atoms with Crippen LogP contribution in [0.15, 0.2) is 23.2 Å². The summed E-state index contributed by atoms with van der Waals surface area (Å²) in [5.74, 6) is 0. The highest BCUT2D eigenvalue weighted by molar-refractivity contribution is 7.89. The number of nitrogens with one attached hydrogen (secondary N) is 1. The van der Waals surface area contributed by atoms with Gasteiger partial charge in [-0.15, -0.1) is 0 Å². The summed E-state index contributed by atoms with van der Waals surface area (Å²) in [6.45, 7) is 1.77. The first kappa shape index (κ1) is 16.3. The molecule has 6 nitrogen and oxygen atoms in total. The molecule has 0 amide bonds. The van der Waals surface area contributed by atoms with Gasteiger partial charge in [0.25, 0.3) is 0 Å². The van der Waals surface area contributed by atoms with E-state index in [9.17, 15) is 13.5 Å². The molecule has 0 bridgehead atoms. The highest BCUT2D eigenvalue weighted by Crippen LogP contribution is 2.17. The quantitative estimate of drug-likeness (QED) is 0.740. The highest BCUT2D eigenvalue weighted by Gasteiger charge is 2.26. The normalized spacial score (nSPS) is 15.5. The topological polar surface area (TPSA) is 82.5 Å². The average molecular weight is 308 g/mol. The Morgan fingerprint density at radius 2 is 2.16 bits per heavy atom. The van der Waals surface area contributed by atoms with Crippen LogP contribution in [0.3, 0.4) is 0 Å². The predicted octanol–water partition coefficient (Wildman–Crippen LogP) is 0.326. The van der Waals surface area contributed by atoms with Crippen LogP contribution in [0.2, 0.25) is 5.15 Å². The molecule has 1 aromatic rings. The molecule has 19 heavy (non-hydrogen) atoms. The Morgan fingerprint density at radius 3 is 2.68 bits per heavy atom. The lowest BCUT2D eigenvalue weighted by molar-refractivity contribution is 0.0386. The van der Waals surface area contributed by atoms with Crippen LogP contribution in [-0.4, -0.2) is 56.2 Å². The lowest BCUT2D eigenvalue weighted by atomic mass is 10.1. The van der Waals surface area contributed by atoms with Gasteiger partial charge in [0.1, 0.15) is 10.0 Å². The summed E-state index contributed by atoms with van der Waals surface area (Å²) in [6, 6.07) is 2.84. The summed E-state index contributed by atoms with van der Waals surface area (Å²) in [4.78, 5) is 5.38. The third-order valence-electron chi connectivity index (χ3n) is 2.31. The Hall–Kier alpha value is -0.730. The molecule has 1 rings (SSSR count). The number of sulfonamides is 1. The van der Waals surface area contributed by atoms with Crippen molar-refractivity contribution in [2.75, 3.05) is 27.2 Å². The van der Waals surface area contributed by atoms with Gasteiger partial charge in [-0.1, -0.05) is 11.6 Å². The van der Waals surface area contributed by atoms with Crippen molar-refractivity contribution in [2.24, 2.45) is 0 Å². The van der Waals surface area contributed by atoms with Crippen LogP contribution in [0.25, 0.3) is 0 Å². The monoisotopic (exact) mass is 307 g/mol. The molecule has 0 aromatic carbocycles. The van der Waals surface area contributed by atoms with Gasteiger partial charge in [-0.2, -0.15) is 0 Å². The van der Waals surface area contributed by atoms with Crippen LogP contribution in [0, 0.1) is 0 Å². The summed E-state index contributed by atoms with van der Waals surface area (Å²) in [7, 11) is -0.198. The maximum Gasteiger partial charge on any atom is 0.243 e. The second-order valence-corrected chi connectivity index (χ2v) is 6.95. The maximum atomic E-state index is 12.0. The van der Waals surface area contributed by atoms with Crippen LogP contribution < -0.4 is 4.72 Å². The van der Waals surface area contributed by atoms with Gasteiger partial charge in [-0.05, 0) is 33.2 Å². The summed E-state index contributed by atoms with van der Waals surface area (Å²) in [5, 5.41) is 9.95. The minimum absolute atomic E-state index is 0.0951. The Kier molecular flexibility index (Phi) is 5.28. The third-order valence-corrected chi connectivity index (χ3v) is 4.16. The van der Waals surface area contributed by atoms with Crippen molar-refractivity contribution in [2.45, 2.75) is 17.4 Å². The van der Waals surface area contributed by atoms with Crippen LogP contribution in [0.1, 0.15) is 6.92 Å². The Morgan fingerprint density at radius 1 is 1.53 bits per heavy atom. The van der Waals surface area contributed by atoms with E-state index in [1.165, 1.54) is 18.3 Å². The van der Waals surface area contributed by atoms with E-state index in [1.54, 1.807) is 25.9 Å². The number of halogens is 1. The lowest BCUT2D eigenvalue weighted by Crippen LogP contribution is -2.47. The molecular weight excluding hydrogens is 290 g/mol. The van der Waals surface area contributed by atoms with Crippen LogP contribution in [0.4, 0.5) is 0 Å². The zero-order valence-electron chi connectivity index (χ0n) is 11.1. The van der Waals surface area contributed by atoms with Gasteiger partial charge in [-0.3, -0.25) is 0 Å². The van der Waals surface area contributed by atoms with Crippen molar-refractivity contribution >= 4 is 21.6 Å². The number of aliphatic hydroxyl groups is 1. The highest BCUT2D eigenvalue weighted by atomic mass is 35.5. The second kappa shape index (κ2) is 6.15. The molecule has 0 saturated carbocycles. The van der Waals surface area contributed by atoms with Gasteiger partial charge in [0.15, 0.2) is 0 Å². The molecule has 0 aliphatic rings. The maximum absolute atomic E-state index is 12.0. The van der Waals surface area contributed by atoms with E-state index in [0.29, 0.717) is 6.54 Å². The SMILES string of the molecule is CN(C)CC(C)(O)CNS(=O)(=O)c1cccnc1Cl. The summed E-state index contributed by atoms with van der Waals surface area (Å²) < 4.78 is 26.4. The summed E-state index contributed by atoms with van der Waals surface area (Å²) in [5.41, 5.74) is -1.18. The Bertz CT molecular complexity index is 532. The van der Waals surface area contributed by atoms with Gasteiger partial charge < -0.3 is 10.0 Å². The van der Waals surface area contributed by atoms with E-state index >= 15 is 0 Å². The molecule has 0 saturated heterocycles. The molecule has 108 valence electrons. The fourth-order valence-corrected chi connectivity index (χ4v) is 3.25. The van der Waals surface area contributed by atoms with E-state index in [1.807, 2.05) is 0 Å². The zero-order valence-corrected chi connectivity index (χ0v) is 12.7. The molecule has 0 aliphatic heterocycles. The molecule has 0 radical (unpaired) electrons. The van der Waals surface area contributed by atoms with Gasteiger partial charge in [0.05, 0.1) is 5.60 Å². The smallest absolute Gasteiger partial charge is 0.243 e. The zero-order chi connectivity index (χ0) is 14.7. The largest absolute Gasteiger partial charge is 0.387 e. The number of nitrogens with zero attached hydrogens (tertiary/aromatic N) is 2. The van der Waals surface area contributed by atoms with E-state index < -0.39 is 15.6 Å². The fraction of sp³-hybridized carbons (Fsp3) is 0.545. The Labute approximate surface area is 118 Å². The minimum Gasteiger partial charge on any atom is -0.387 e. The van der Waals surface area contributed by atoms with E-state index in [0.717, 1.165) is 0 Å². The van der Waals surface area contributed by atoms with Gasteiger partial charge in [0.2, 0.25) is 10.0 Å². The molecule has 1 aromatic heterocycles. The molecule has 0 aliphatic carbocycles. The fourth-order valence-electron chi connectivity index (χ4n) is 1.64. The molecule has 0 spiro atoms. The van der Waals surface area contributed by atoms with Crippen molar-refractivity contribution < 1.29 is 13.5 Å².